The van der Waals surface area contributed by atoms with Gasteiger partial charge in [0.25, 0.3) is 0 Å². The fourth-order valence-corrected chi connectivity index (χ4v) is 3.86. The molecule has 0 aliphatic carbocycles. The summed E-state index contributed by atoms with van der Waals surface area (Å²) in [4.78, 5) is 11.5. The minimum absolute atomic E-state index is 0.535. The van der Waals surface area contributed by atoms with Crippen LogP contribution in [0.15, 0.2) is 47.1 Å². The van der Waals surface area contributed by atoms with Gasteiger partial charge in [-0.25, -0.2) is 9.97 Å². The van der Waals surface area contributed by atoms with Crippen LogP contribution in [-0.2, 0) is 11.3 Å². The first-order valence-corrected chi connectivity index (χ1v) is 10.4. The molecule has 0 amide bonds. The Bertz CT molecular complexity index is 1160. The number of tetrazole rings is 1. The Labute approximate surface area is 181 Å². The molecule has 0 atom stereocenters. The molecule has 0 radical (unpaired) electrons. The van der Waals surface area contributed by atoms with Gasteiger partial charge in [-0.1, -0.05) is 15.9 Å². The summed E-state index contributed by atoms with van der Waals surface area (Å²) < 4.78 is 6.46. The molecule has 152 valence electrons. The van der Waals surface area contributed by atoms with Crippen LogP contribution in [0.3, 0.4) is 0 Å². The number of nitrogens with zero attached hydrogens (tertiary/aromatic N) is 6. The summed E-state index contributed by atoms with van der Waals surface area (Å²) in [5.74, 6) is 1.08. The first-order valence-electron chi connectivity index (χ1n) is 9.60. The van der Waals surface area contributed by atoms with Crippen LogP contribution in [0.2, 0.25) is 0 Å². The number of ether oxygens (including phenoxy) is 1. The molecule has 3 heterocycles. The van der Waals surface area contributed by atoms with Gasteiger partial charge in [0.05, 0.1) is 18.7 Å². The van der Waals surface area contributed by atoms with E-state index in [1.54, 1.807) is 0 Å². The summed E-state index contributed by atoms with van der Waals surface area (Å²) in [5.41, 5.74) is 3.77. The van der Waals surface area contributed by atoms with Crippen LogP contribution in [0.25, 0.3) is 22.3 Å². The highest BCUT2D eigenvalue weighted by Gasteiger charge is 2.14. The molecule has 4 aromatic rings. The van der Waals surface area contributed by atoms with Crippen LogP contribution in [0.5, 0.6) is 0 Å². The lowest BCUT2D eigenvalue weighted by Crippen LogP contribution is -2.35. The normalized spacial score (nSPS) is 14.8. The number of hydrogen-bond donors (Lipinski definition) is 2. The number of aromatic amines is 1. The van der Waals surface area contributed by atoms with Crippen molar-refractivity contribution in [3.8, 4) is 11.4 Å². The highest BCUT2D eigenvalue weighted by Crippen LogP contribution is 2.26. The molecule has 10 heteroatoms. The number of H-pyrrole nitrogens is 1. The van der Waals surface area contributed by atoms with Crippen molar-refractivity contribution in [1.29, 1.82) is 0 Å². The average molecular weight is 467 g/mol. The summed E-state index contributed by atoms with van der Waals surface area (Å²) in [5, 5.41) is 18.8. The topological polar surface area (TPSA) is 105 Å². The van der Waals surface area contributed by atoms with Crippen LogP contribution in [0, 0.1) is 0 Å². The van der Waals surface area contributed by atoms with Crippen molar-refractivity contribution >= 4 is 38.5 Å². The predicted octanol–water partition coefficient (Wildman–Crippen LogP) is 3.15. The molecule has 2 N–H and O–H groups in total. The molecule has 0 bridgehead atoms. The van der Waals surface area contributed by atoms with Crippen LogP contribution >= 0.6 is 15.9 Å². The Hall–Kier alpha value is -2.95. The van der Waals surface area contributed by atoms with E-state index in [0.29, 0.717) is 11.8 Å². The zero-order chi connectivity index (χ0) is 20.3. The third-order valence-electron chi connectivity index (χ3n) is 4.90. The highest BCUT2D eigenvalue weighted by molar-refractivity contribution is 9.10. The minimum Gasteiger partial charge on any atom is -0.379 e. The van der Waals surface area contributed by atoms with Gasteiger partial charge >= 0.3 is 0 Å². The summed E-state index contributed by atoms with van der Waals surface area (Å²) in [6.07, 6.45) is 1.81. The highest BCUT2D eigenvalue weighted by atomic mass is 79.9. The summed E-state index contributed by atoms with van der Waals surface area (Å²) in [6, 6.07) is 12.1. The Morgan fingerprint density at radius 1 is 1.13 bits per heavy atom. The van der Waals surface area contributed by atoms with E-state index in [9.17, 15) is 0 Å². The molecule has 5 rings (SSSR count). The van der Waals surface area contributed by atoms with Crippen molar-refractivity contribution in [2.45, 2.75) is 6.54 Å². The molecular weight excluding hydrogens is 448 g/mol. The molecule has 1 fully saturated rings. The number of anilines is 2. The molecule has 0 spiro atoms. The van der Waals surface area contributed by atoms with E-state index in [0.717, 1.165) is 65.0 Å². The van der Waals surface area contributed by atoms with Gasteiger partial charge in [0.15, 0.2) is 0 Å². The van der Waals surface area contributed by atoms with Crippen LogP contribution in [-0.4, -0.2) is 61.8 Å². The third kappa shape index (κ3) is 4.30. The van der Waals surface area contributed by atoms with E-state index >= 15 is 0 Å². The molecule has 2 aromatic heterocycles. The number of nitrogens with one attached hydrogen (secondary N) is 2. The average Bonchev–Trinajstić information content (AvgIpc) is 3.30. The maximum absolute atomic E-state index is 5.46. The van der Waals surface area contributed by atoms with Crippen LogP contribution in [0.4, 0.5) is 11.6 Å². The van der Waals surface area contributed by atoms with E-state index in [-0.39, 0.29) is 0 Å². The Balaban J connectivity index is 1.46. The Kier molecular flexibility index (Phi) is 5.35. The van der Waals surface area contributed by atoms with Gasteiger partial charge in [0.1, 0.15) is 0 Å². The van der Waals surface area contributed by atoms with Gasteiger partial charge in [-0.15, -0.1) is 10.2 Å². The van der Waals surface area contributed by atoms with Crippen molar-refractivity contribution in [3.05, 3.63) is 52.6 Å². The Morgan fingerprint density at radius 2 is 2.03 bits per heavy atom. The lowest BCUT2D eigenvalue weighted by atomic mass is 10.1. The van der Waals surface area contributed by atoms with E-state index in [4.69, 9.17) is 4.74 Å². The predicted molar refractivity (Wildman–Crippen MR) is 116 cm³/mol. The van der Waals surface area contributed by atoms with Gasteiger partial charge in [-0.2, -0.15) is 5.21 Å². The molecule has 0 saturated carbocycles. The fraction of sp³-hybridized carbons (Fsp3) is 0.250. The second-order valence-corrected chi connectivity index (χ2v) is 7.98. The number of morpholine rings is 1. The summed E-state index contributed by atoms with van der Waals surface area (Å²) in [7, 11) is 0. The first kappa shape index (κ1) is 19.0. The quantitative estimate of drug-likeness (QED) is 0.462. The van der Waals surface area contributed by atoms with Crippen molar-refractivity contribution in [2.75, 3.05) is 31.6 Å². The molecule has 9 nitrogen and oxygen atoms in total. The minimum atomic E-state index is 0.535. The standard InChI is InChI=1S/C20H19BrN8O/c21-16-1-2-18-15(9-16)11-22-20(24-18)23-17-8-13(12-29-3-5-30-6-4-29)7-14(10-17)19-25-27-28-26-19/h1-2,7-11H,3-6,12H2,(H,22,23,24)(H,25,26,27,28). The molecule has 1 aliphatic heterocycles. The molecular formula is C20H19BrN8O. The molecule has 0 unspecified atom stereocenters. The zero-order valence-electron chi connectivity index (χ0n) is 16.0. The van der Waals surface area contributed by atoms with E-state index in [1.807, 2.05) is 30.5 Å². The Morgan fingerprint density at radius 3 is 2.87 bits per heavy atom. The van der Waals surface area contributed by atoms with E-state index in [2.05, 4.69) is 68.9 Å². The fourth-order valence-electron chi connectivity index (χ4n) is 3.48. The largest absolute Gasteiger partial charge is 0.379 e. The second kappa shape index (κ2) is 8.42. The van der Waals surface area contributed by atoms with Gasteiger partial charge < -0.3 is 10.1 Å². The van der Waals surface area contributed by atoms with E-state index < -0.39 is 0 Å². The lowest BCUT2D eigenvalue weighted by molar-refractivity contribution is 0.0342. The zero-order valence-corrected chi connectivity index (χ0v) is 17.6. The van der Waals surface area contributed by atoms with Crippen molar-refractivity contribution in [1.82, 2.24) is 35.5 Å². The van der Waals surface area contributed by atoms with Crippen molar-refractivity contribution in [2.24, 2.45) is 0 Å². The van der Waals surface area contributed by atoms with Gasteiger partial charge in [-0.3, -0.25) is 4.90 Å². The molecule has 1 saturated heterocycles. The molecule has 30 heavy (non-hydrogen) atoms. The number of rotatable bonds is 5. The SMILES string of the molecule is Brc1ccc2nc(Nc3cc(CN4CCOCC4)cc(-c4nn[nH]n4)c3)ncc2c1. The van der Waals surface area contributed by atoms with Crippen molar-refractivity contribution < 1.29 is 4.74 Å². The first-order chi connectivity index (χ1) is 14.7. The number of aromatic nitrogens is 6. The maximum Gasteiger partial charge on any atom is 0.227 e. The number of hydrogen-bond acceptors (Lipinski definition) is 8. The monoisotopic (exact) mass is 466 g/mol. The van der Waals surface area contributed by atoms with Crippen LogP contribution in [0.1, 0.15) is 5.56 Å². The number of halogens is 1. The smallest absolute Gasteiger partial charge is 0.227 e. The number of benzene rings is 2. The molecule has 2 aromatic carbocycles. The lowest BCUT2D eigenvalue weighted by Gasteiger charge is -2.26. The van der Waals surface area contributed by atoms with Gasteiger partial charge in [-0.05, 0) is 47.2 Å². The summed E-state index contributed by atoms with van der Waals surface area (Å²) in [6.45, 7) is 4.17. The van der Waals surface area contributed by atoms with E-state index in [1.165, 1.54) is 0 Å². The van der Waals surface area contributed by atoms with Gasteiger partial charge in [0, 0.05) is 46.9 Å². The maximum atomic E-state index is 5.46. The van der Waals surface area contributed by atoms with Gasteiger partial charge in [0.2, 0.25) is 11.8 Å². The van der Waals surface area contributed by atoms with Crippen molar-refractivity contribution in [3.63, 3.8) is 0 Å². The second-order valence-electron chi connectivity index (χ2n) is 7.06. The summed E-state index contributed by atoms with van der Waals surface area (Å²) >= 11 is 3.48. The number of fused-ring (bicyclic) bond motifs is 1. The third-order valence-corrected chi connectivity index (χ3v) is 5.40. The molecule has 1 aliphatic rings. The van der Waals surface area contributed by atoms with Crippen LogP contribution < -0.4 is 5.32 Å².